The molecule has 50 valence electrons. The van der Waals surface area contributed by atoms with Gasteiger partial charge in [0.1, 0.15) is 5.82 Å². The van der Waals surface area contributed by atoms with Crippen LogP contribution in [-0.4, -0.2) is 9.55 Å². The van der Waals surface area contributed by atoms with Gasteiger partial charge in [-0.15, -0.1) is 0 Å². The molecule has 0 amide bonds. The molecule has 0 unspecified atom stereocenters. The van der Waals surface area contributed by atoms with Crippen LogP contribution in [0.1, 0.15) is 5.82 Å². The van der Waals surface area contributed by atoms with Gasteiger partial charge in [-0.05, 0) is 0 Å². The molecule has 1 aromatic heterocycles. The highest BCUT2D eigenvalue weighted by Gasteiger charge is 1.93. The van der Waals surface area contributed by atoms with Crippen molar-refractivity contribution in [2.75, 3.05) is 0 Å². The Bertz CT molecular complexity index is 184. The minimum atomic E-state index is 0.823. The van der Waals surface area contributed by atoms with Crippen molar-refractivity contribution in [3.63, 3.8) is 0 Å². The van der Waals surface area contributed by atoms with E-state index in [2.05, 4.69) is 31.4 Å². The van der Waals surface area contributed by atoms with Gasteiger partial charge in [0.05, 0.1) is 6.54 Å². The summed E-state index contributed by atoms with van der Waals surface area (Å²) in [5, 5.41) is 0. The van der Waals surface area contributed by atoms with Crippen molar-refractivity contribution in [1.29, 1.82) is 0 Å². The van der Waals surface area contributed by atoms with Crippen LogP contribution in [0.25, 0.3) is 0 Å². The first-order valence-corrected chi connectivity index (χ1v) is 3.72. The largest absolute Gasteiger partial charge is 0.337 e. The van der Waals surface area contributed by atoms with Crippen LogP contribution < -0.4 is 3.53 Å². The Labute approximate surface area is 68.0 Å². The molecule has 0 saturated carbocycles. The Morgan fingerprint density at radius 2 is 2.67 bits per heavy atom. The Morgan fingerprint density at radius 3 is 3.11 bits per heavy atom. The third kappa shape index (κ3) is 1.65. The molecule has 3 nitrogen and oxygen atoms in total. The fourth-order valence-corrected chi connectivity index (χ4v) is 0.968. The molecule has 0 atom stereocenters. The third-order valence-corrected chi connectivity index (χ3v) is 1.53. The van der Waals surface area contributed by atoms with Crippen molar-refractivity contribution in [2.24, 2.45) is 7.05 Å². The molecule has 1 heterocycles. The molecule has 0 radical (unpaired) electrons. The lowest BCUT2D eigenvalue weighted by Gasteiger charge is -1.96. The van der Waals surface area contributed by atoms with Gasteiger partial charge in [-0.2, -0.15) is 0 Å². The fourth-order valence-electron chi connectivity index (χ4n) is 0.627. The maximum atomic E-state index is 4.10. The Balaban J connectivity index is 2.69. The highest BCUT2D eigenvalue weighted by Crippen LogP contribution is 1.93. The number of imidazole rings is 1. The number of rotatable bonds is 2. The molecule has 0 aliphatic heterocycles. The number of halogens is 1. The molecule has 9 heavy (non-hydrogen) atoms. The Morgan fingerprint density at radius 1 is 1.89 bits per heavy atom. The van der Waals surface area contributed by atoms with E-state index in [9.17, 15) is 0 Å². The molecular weight excluding hydrogens is 229 g/mol. The van der Waals surface area contributed by atoms with Crippen LogP contribution in [-0.2, 0) is 13.6 Å². The monoisotopic (exact) mass is 237 g/mol. The van der Waals surface area contributed by atoms with Gasteiger partial charge in [-0.1, -0.05) is 0 Å². The zero-order chi connectivity index (χ0) is 6.69. The van der Waals surface area contributed by atoms with E-state index in [0.717, 1.165) is 12.4 Å². The van der Waals surface area contributed by atoms with Crippen molar-refractivity contribution in [3.8, 4) is 0 Å². The average molecular weight is 237 g/mol. The second-order valence-corrected chi connectivity index (χ2v) is 2.53. The van der Waals surface area contributed by atoms with Crippen LogP contribution in [0.5, 0.6) is 0 Å². The molecule has 1 N–H and O–H groups in total. The molecule has 0 fully saturated rings. The standard InChI is InChI=1S/C5H8IN3/c1-9-3-2-7-5(9)4-8-6/h2-3,8H,4H2,1H3. The van der Waals surface area contributed by atoms with Crippen molar-refractivity contribution in [1.82, 2.24) is 13.1 Å². The molecule has 4 heteroatoms. The van der Waals surface area contributed by atoms with E-state index in [1.54, 1.807) is 6.20 Å². The number of hydrogen-bond acceptors (Lipinski definition) is 2. The maximum Gasteiger partial charge on any atom is 0.123 e. The summed E-state index contributed by atoms with van der Waals surface area (Å²) in [6.07, 6.45) is 3.73. The quantitative estimate of drug-likeness (QED) is 0.610. The van der Waals surface area contributed by atoms with E-state index in [1.165, 1.54) is 0 Å². The number of nitrogens with zero attached hydrogens (tertiary/aromatic N) is 2. The molecule has 0 aliphatic rings. The van der Waals surface area contributed by atoms with Gasteiger partial charge in [-0.3, -0.25) is 3.53 Å². The second-order valence-electron chi connectivity index (χ2n) is 1.76. The molecule has 1 rings (SSSR count). The molecule has 0 spiro atoms. The smallest absolute Gasteiger partial charge is 0.123 e. The number of aryl methyl sites for hydroxylation is 1. The number of nitrogens with one attached hydrogen (secondary N) is 1. The summed E-state index contributed by atoms with van der Waals surface area (Å²) in [6, 6.07) is 0. The Kier molecular flexibility index (Phi) is 2.47. The van der Waals surface area contributed by atoms with Gasteiger partial charge in [0.15, 0.2) is 0 Å². The van der Waals surface area contributed by atoms with Gasteiger partial charge in [0.2, 0.25) is 0 Å². The summed E-state index contributed by atoms with van der Waals surface area (Å²) in [5.74, 6) is 1.06. The van der Waals surface area contributed by atoms with Crippen LogP contribution in [0.2, 0.25) is 0 Å². The van der Waals surface area contributed by atoms with Crippen molar-refractivity contribution in [3.05, 3.63) is 18.2 Å². The van der Waals surface area contributed by atoms with E-state index in [1.807, 2.05) is 17.8 Å². The zero-order valence-corrected chi connectivity index (χ0v) is 7.29. The predicted molar refractivity (Wildman–Crippen MR) is 44.1 cm³/mol. The number of hydrogen-bond donors (Lipinski definition) is 1. The van der Waals surface area contributed by atoms with Crippen LogP contribution in [0.3, 0.4) is 0 Å². The lowest BCUT2D eigenvalue weighted by atomic mass is 10.6. The summed E-state index contributed by atoms with van der Waals surface area (Å²) in [4.78, 5) is 4.10. The summed E-state index contributed by atoms with van der Waals surface area (Å²) in [7, 11) is 1.98. The predicted octanol–water partition coefficient (Wildman–Crippen LogP) is 0.860. The highest BCUT2D eigenvalue weighted by atomic mass is 127. The van der Waals surface area contributed by atoms with Gasteiger partial charge >= 0.3 is 0 Å². The summed E-state index contributed by atoms with van der Waals surface area (Å²) >= 11 is 2.10. The van der Waals surface area contributed by atoms with E-state index >= 15 is 0 Å². The van der Waals surface area contributed by atoms with Crippen LogP contribution in [0.15, 0.2) is 12.4 Å². The van der Waals surface area contributed by atoms with E-state index in [-0.39, 0.29) is 0 Å². The first-order chi connectivity index (χ1) is 4.34. The molecule has 0 aromatic carbocycles. The number of aromatic nitrogens is 2. The van der Waals surface area contributed by atoms with Crippen LogP contribution in [0.4, 0.5) is 0 Å². The fraction of sp³-hybridized carbons (Fsp3) is 0.400. The summed E-state index contributed by atoms with van der Waals surface area (Å²) in [5.41, 5.74) is 0. The SMILES string of the molecule is Cn1ccnc1CNI. The van der Waals surface area contributed by atoms with E-state index in [4.69, 9.17) is 0 Å². The van der Waals surface area contributed by atoms with E-state index < -0.39 is 0 Å². The minimum absolute atomic E-state index is 0.823. The van der Waals surface area contributed by atoms with Crippen molar-refractivity contribution < 1.29 is 0 Å². The van der Waals surface area contributed by atoms with Gasteiger partial charge in [0, 0.05) is 42.3 Å². The first kappa shape index (κ1) is 7.01. The highest BCUT2D eigenvalue weighted by molar-refractivity contribution is 14.1. The maximum absolute atomic E-state index is 4.10. The average Bonchev–Trinajstić information content (AvgIpc) is 2.18. The van der Waals surface area contributed by atoms with Gasteiger partial charge in [0.25, 0.3) is 0 Å². The van der Waals surface area contributed by atoms with Gasteiger partial charge in [-0.25, -0.2) is 4.98 Å². The lowest BCUT2D eigenvalue weighted by molar-refractivity contribution is 0.779. The molecule has 0 aliphatic carbocycles. The van der Waals surface area contributed by atoms with Crippen LogP contribution in [0, 0.1) is 0 Å². The van der Waals surface area contributed by atoms with Crippen molar-refractivity contribution >= 4 is 22.9 Å². The molecule has 0 bridgehead atoms. The van der Waals surface area contributed by atoms with Gasteiger partial charge < -0.3 is 4.57 Å². The van der Waals surface area contributed by atoms with E-state index in [0.29, 0.717) is 0 Å². The Hall–Kier alpha value is -0.100. The van der Waals surface area contributed by atoms with Crippen LogP contribution >= 0.6 is 22.9 Å². The normalized spacial score (nSPS) is 10.0. The second kappa shape index (κ2) is 3.17. The molecular formula is C5H8IN3. The first-order valence-electron chi connectivity index (χ1n) is 2.64. The molecule has 1 aromatic rings. The lowest BCUT2D eigenvalue weighted by Crippen LogP contribution is -2.04. The minimum Gasteiger partial charge on any atom is -0.337 e. The summed E-state index contributed by atoms with van der Waals surface area (Å²) < 4.78 is 4.99. The summed E-state index contributed by atoms with van der Waals surface area (Å²) in [6.45, 7) is 0.823. The zero-order valence-electron chi connectivity index (χ0n) is 5.13. The van der Waals surface area contributed by atoms with Crippen molar-refractivity contribution in [2.45, 2.75) is 6.54 Å². The topological polar surface area (TPSA) is 29.9 Å². The molecule has 0 saturated heterocycles. The third-order valence-electron chi connectivity index (χ3n) is 1.15.